The fourth-order valence-electron chi connectivity index (χ4n) is 1.75. The summed E-state index contributed by atoms with van der Waals surface area (Å²) < 4.78 is 28.9. The summed E-state index contributed by atoms with van der Waals surface area (Å²) >= 11 is 0. The van der Waals surface area contributed by atoms with Crippen LogP contribution in [0.3, 0.4) is 0 Å². The van der Waals surface area contributed by atoms with Crippen molar-refractivity contribution in [2.24, 2.45) is 0 Å². The van der Waals surface area contributed by atoms with Crippen molar-refractivity contribution in [3.8, 4) is 11.5 Å². The largest absolute Gasteiger partial charge is 0.493 e. The Balaban J connectivity index is 2.43. The number of rotatable bonds is 5. The zero-order valence-electron chi connectivity index (χ0n) is 10.8. The lowest BCUT2D eigenvalue weighted by Crippen LogP contribution is -2.10. The van der Waals surface area contributed by atoms with Gasteiger partial charge in [0.25, 0.3) is 0 Å². The van der Waals surface area contributed by atoms with E-state index in [1.807, 2.05) is 6.92 Å². The van der Waals surface area contributed by atoms with E-state index in [4.69, 9.17) is 13.9 Å². The average Bonchev–Trinajstić information content (AvgIpc) is 2.38. The molecule has 4 nitrogen and oxygen atoms in total. The molecule has 0 amide bonds. The van der Waals surface area contributed by atoms with E-state index in [-0.39, 0.29) is 5.75 Å². The first-order chi connectivity index (χ1) is 9.13. The molecule has 0 aliphatic carbocycles. The van der Waals surface area contributed by atoms with E-state index < -0.39 is 12.0 Å². The topological polar surface area (TPSA) is 48.7 Å². The van der Waals surface area contributed by atoms with Crippen LogP contribution in [0.1, 0.15) is 19.8 Å². The van der Waals surface area contributed by atoms with Crippen LogP contribution in [-0.4, -0.2) is 13.5 Å². The third-order valence-corrected chi connectivity index (χ3v) is 2.68. The monoisotopic (exact) mass is 266 g/mol. The summed E-state index contributed by atoms with van der Waals surface area (Å²) in [6.45, 7) is 1.87. The number of ether oxygens (including phenoxy) is 2. The molecule has 0 fully saturated rings. The Hall–Kier alpha value is -2.04. The molecule has 0 aliphatic heterocycles. The summed E-state index contributed by atoms with van der Waals surface area (Å²) in [5.41, 5.74) is -0.124. The Morgan fingerprint density at radius 1 is 1.32 bits per heavy atom. The van der Waals surface area contributed by atoms with E-state index in [0.717, 1.165) is 0 Å². The van der Waals surface area contributed by atoms with Gasteiger partial charge in [-0.25, -0.2) is 9.18 Å². The SMILES string of the molecule is CCCC(F)Oc1cc2oc(=O)ccc2cc1OC. The second kappa shape index (κ2) is 5.73. The van der Waals surface area contributed by atoms with Gasteiger partial charge in [0.05, 0.1) is 7.11 Å². The molecule has 0 N–H and O–H groups in total. The van der Waals surface area contributed by atoms with Gasteiger partial charge in [0.15, 0.2) is 11.5 Å². The number of hydrogen-bond acceptors (Lipinski definition) is 4. The predicted molar refractivity (Wildman–Crippen MR) is 69.5 cm³/mol. The van der Waals surface area contributed by atoms with Gasteiger partial charge in [-0.15, -0.1) is 0 Å². The highest BCUT2D eigenvalue weighted by molar-refractivity contribution is 5.80. The number of fused-ring (bicyclic) bond motifs is 1. The molecule has 1 unspecified atom stereocenters. The third-order valence-electron chi connectivity index (χ3n) is 2.68. The first-order valence-corrected chi connectivity index (χ1v) is 6.06. The van der Waals surface area contributed by atoms with E-state index in [0.29, 0.717) is 29.6 Å². The van der Waals surface area contributed by atoms with Crippen LogP contribution in [-0.2, 0) is 0 Å². The van der Waals surface area contributed by atoms with Crippen LogP contribution < -0.4 is 15.1 Å². The van der Waals surface area contributed by atoms with Gasteiger partial charge in [-0.1, -0.05) is 6.92 Å². The Bertz CT molecular complexity index is 620. The van der Waals surface area contributed by atoms with Crippen molar-refractivity contribution in [1.29, 1.82) is 0 Å². The molecule has 0 aliphatic rings. The molecule has 1 atom stereocenters. The molecule has 0 saturated carbocycles. The molecule has 102 valence electrons. The van der Waals surface area contributed by atoms with Crippen LogP contribution in [0.25, 0.3) is 11.0 Å². The van der Waals surface area contributed by atoms with E-state index in [9.17, 15) is 9.18 Å². The first kappa shape index (κ1) is 13.4. The van der Waals surface area contributed by atoms with Gasteiger partial charge in [-0.2, -0.15) is 0 Å². The minimum atomic E-state index is -1.41. The van der Waals surface area contributed by atoms with Gasteiger partial charge < -0.3 is 13.9 Å². The van der Waals surface area contributed by atoms with Crippen LogP contribution in [0.4, 0.5) is 4.39 Å². The molecule has 1 aromatic heterocycles. The second-order valence-electron chi connectivity index (χ2n) is 4.11. The Kier molecular flexibility index (Phi) is 4.04. The van der Waals surface area contributed by atoms with Gasteiger partial charge >= 0.3 is 5.63 Å². The minimum Gasteiger partial charge on any atom is -0.493 e. The number of alkyl halides is 1. The molecule has 1 heterocycles. The Morgan fingerprint density at radius 2 is 2.11 bits per heavy atom. The maximum atomic E-state index is 13.5. The maximum absolute atomic E-state index is 13.5. The molecule has 0 radical (unpaired) electrons. The molecule has 2 aromatic rings. The zero-order chi connectivity index (χ0) is 13.8. The smallest absolute Gasteiger partial charge is 0.336 e. The summed E-state index contributed by atoms with van der Waals surface area (Å²) in [6, 6.07) is 6.05. The van der Waals surface area contributed by atoms with Crippen LogP contribution in [0, 0.1) is 0 Å². The first-order valence-electron chi connectivity index (χ1n) is 6.06. The van der Waals surface area contributed by atoms with Gasteiger partial charge in [0.1, 0.15) is 5.58 Å². The molecule has 1 aromatic carbocycles. The third kappa shape index (κ3) is 3.05. The van der Waals surface area contributed by atoms with Crippen molar-refractivity contribution in [1.82, 2.24) is 0 Å². The molecule has 0 saturated heterocycles. The van der Waals surface area contributed by atoms with Crippen molar-refractivity contribution in [3.05, 3.63) is 34.7 Å². The lowest BCUT2D eigenvalue weighted by Gasteiger charge is -2.14. The normalized spacial score (nSPS) is 12.4. The summed E-state index contributed by atoms with van der Waals surface area (Å²) in [6.07, 6.45) is -0.446. The van der Waals surface area contributed by atoms with E-state index in [2.05, 4.69) is 0 Å². The molecule has 19 heavy (non-hydrogen) atoms. The van der Waals surface area contributed by atoms with Crippen molar-refractivity contribution < 1.29 is 18.3 Å². The Labute approximate surface area is 109 Å². The number of hydrogen-bond donors (Lipinski definition) is 0. The van der Waals surface area contributed by atoms with Crippen molar-refractivity contribution >= 4 is 11.0 Å². The maximum Gasteiger partial charge on any atom is 0.336 e. The quantitative estimate of drug-likeness (QED) is 0.779. The summed E-state index contributed by atoms with van der Waals surface area (Å²) in [4.78, 5) is 11.2. The highest BCUT2D eigenvalue weighted by Gasteiger charge is 2.13. The summed E-state index contributed by atoms with van der Waals surface area (Å²) in [5.74, 6) is 0.630. The van der Waals surface area contributed by atoms with Crippen LogP contribution in [0.2, 0.25) is 0 Å². The van der Waals surface area contributed by atoms with E-state index in [1.165, 1.54) is 19.2 Å². The lowest BCUT2D eigenvalue weighted by atomic mass is 10.2. The molecular weight excluding hydrogens is 251 g/mol. The van der Waals surface area contributed by atoms with Gasteiger partial charge in [0, 0.05) is 23.9 Å². The standard InChI is InChI=1S/C14H15FO4/c1-3-4-13(15)18-12-8-10-9(7-11(12)17-2)5-6-14(16)19-10/h5-8,13H,3-4H2,1-2H3. The van der Waals surface area contributed by atoms with Gasteiger partial charge in [-0.05, 0) is 18.6 Å². The second-order valence-corrected chi connectivity index (χ2v) is 4.11. The lowest BCUT2D eigenvalue weighted by molar-refractivity contribution is 0.0561. The molecular formula is C14H15FO4. The fraction of sp³-hybridized carbons (Fsp3) is 0.357. The number of benzene rings is 1. The zero-order valence-corrected chi connectivity index (χ0v) is 10.8. The van der Waals surface area contributed by atoms with Gasteiger partial charge in [0.2, 0.25) is 6.36 Å². The fourth-order valence-corrected chi connectivity index (χ4v) is 1.75. The van der Waals surface area contributed by atoms with Crippen LogP contribution in [0.15, 0.2) is 33.5 Å². The average molecular weight is 266 g/mol. The summed E-state index contributed by atoms with van der Waals surface area (Å²) in [7, 11) is 1.47. The van der Waals surface area contributed by atoms with E-state index in [1.54, 1.807) is 12.1 Å². The molecule has 5 heteroatoms. The summed E-state index contributed by atoms with van der Waals surface area (Å²) in [5, 5.41) is 0.690. The van der Waals surface area contributed by atoms with E-state index >= 15 is 0 Å². The minimum absolute atomic E-state index is 0.227. The highest BCUT2D eigenvalue weighted by atomic mass is 19.1. The van der Waals surface area contributed by atoms with Gasteiger partial charge in [-0.3, -0.25) is 0 Å². The molecule has 2 rings (SSSR count). The molecule has 0 bridgehead atoms. The predicted octanol–water partition coefficient (Wildman–Crippen LogP) is 3.28. The van der Waals surface area contributed by atoms with Crippen LogP contribution in [0.5, 0.6) is 11.5 Å². The molecule has 0 spiro atoms. The number of methoxy groups -OCH3 is 1. The van der Waals surface area contributed by atoms with Crippen molar-refractivity contribution in [2.45, 2.75) is 26.1 Å². The Morgan fingerprint density at radius 3 is 2.79 bits per heavy atom. The number of halogens is 1. The van der Waals surface area contributed by atoms with Crippen LogP contribution >= 0.6 is 0 Å². The van der Waals surface area contributed by atoms with Crippen molar-refractivity contribution in [3.63, 3.8) is 0 Å². The van der Waals surface area contributed by atoms with Crippen molar-refractivity contribution in [2.75, 3.05) is 7.11 Å². The highest BCUT2D eigenvalue weighted by Crippen LogP contribution is 2.33.